The molecule has 0 atom stereocenters. The van der Waals surface area contributed by atoms with Crippen LogP contribution >= 0.6 is 0 Å². The van der Waals surface area contributed by atoms with E-state index in [1.165, 1.54) is 19.2 Å². The number of carbonyl (C=O) groups is 1. The lowest BCUT2D eigenvalue weighted by atomic mass is 10.1. The molecule has 7 heteroatoms. The Balaban J connectivity index is 1.43. The fourth-order valence-corrected chi connectivity index (χ4v) is 3.83. The van der Waals surface area contributed by atoms with Crippen LogP contribution in [-0.2, 0) is 21.2 Å². The summed E-state index contributed by atoms with van der Waals surface area (Å²) in [6, 6.07) is 24.4. The molecule has 0 saturated heterocycles. The van der Waals surface area contributed by atoms with Gasteiger partial charge in [-0.3, -0.25) is 4.79 Å². The SMILES string of the molecule is CNS(=O)(=O)c1ccc(CCC(=O)NCCOc2ccccc2-c2ccccc2)cc1. The minimum absolute atomic E-state index is 0.0770. The quantitative estimate of drug-likeness (QED) is 0.475. The highest BCUT2D eigenvalue weighted by atomic mass is 32.2. The van der Waals surface area contributed by atoms with Gasteiger partial charge in [0.15, 0.2) is 0 Å². The number of benzene rings is 3. The number of aryl methyl sites for hydroxylation is 1. The number of hydrogen-bond donors (Lipinski definition) is 2. The van der Waals surface area contributed by atoms with Crippen molar-refractivity contribution < 1.29 is 17.9 Å². The van der Waals surface area contributed by atoms with E-state index in [2.05, 4.69) is 10.0 Å². The lowest BCUT2D eigenvalue weighted by Crippen LogP contribution is -2.28. The maximum Gasteiger partial charge on any atom is 0.240 e. The molecule has 0 aliphatic carbocycles. The third kappa shape index (κ3) is 6.41. The molecular weight excluding hydrogens is 412 g/mol. The molecule has 0 radical (unpaired) electrons. The van der Waals surface area contributed by atoms with Gasteiger partial charge < -0.3 is 10.1 Å². The Labute approximate surface area is 183 Å². The predicted octanol–water partition coefficient (Wildman–Crippen LogP) is 3.39. The summed E-state index contributed by atoms with van der Waals surface area (Å²) in [5.74, 6) is 0.700. The number of hydrogen-bond acceptors (Lipinski definition) is 4. The lowest BCUT2D eigenvalue weighted by molar-refractivity contribution is -0.121. The number of rotatable bonds is 10. The highest BCUT2D eigenvalue weighted by Crippen LogP contribution is 2.29. The summed E-state index contributed by atoms with van der Waals surface area (Å²) in [5, 5.41) is 2.86. The predicted molar refractivity (Wildman–Crippen MR) is 121 cm³/mol. The van der Waals surface area contributed by atoms with Crippen LogP contribution in [0.2, 0.25) is 0 Å². The van der Waals surface area contributed by atoms with E-state index in [0.29, 0.717) is 26.0 Å². The summed E-state index contributed by atoms with van der Waals surface area (Å²) in [6.07, 6.45) is 0.849. The van der Waals surface area contributed by atoms with E-state index in [-0.39, 0.29) is 10.8 Å². The minimum atomic E-state index is -3.45. The van der Waals surface area contributed by atoms with Gasteiger partial charge in [-0.25, -0.2) is 13.1 Å². The second-order valence-corrected chi connectivity index (χ2v) is 8.80. The summed E-state index contributed by atoms with van der Waals surface area (Å²) >= 11 is 0. The molecular formula is C24H26N2O4S. The largest absolute Gasteiger partial charge is 0.491 e. The number of nitrogens with one attached hydrogen (secondary N) is 2. The third-order valence-corrected chi connectivity index (χ3v) is 6.23. The molecule has 3 aromatic carbocycles. The first-order valence-electron chi connectivity index (χ1n) is 10.1. The topological polar surface area (TPSA) is 84.5 Å². The van der Waals surface area contributed by atoms with E-state index in [4.69, 9.17) is 4.74 Å². The van der Waals surface area contributed by atoms with Crippen molar-refractivity contribution in [1.82, 2.24) is 10.0 Å². The Morgan fingerprint density at radius 3 is 2.29 bits per heavy atom. The molecule has 0 fully saturated rings. The molecule has 0 aliphatic rings. The molecule has 0 heterocycles. The fraction of sp³-hybridized carbons (Fsp3) is 0.208. The zero-order valence-corrected chi connectivity index (χ0v) is 18.2. The number of para-hydroxylation sites is 1. The average molecular weight is 439 g/mol. The molecule has 0 aliphatic heterocycles. The van der Waals surface area contributed by atoms with Gasteiger partial charge in [0.25, 0.3) is 0 Å². The van der Waals surface area contributed by atoms with E-state index in [1.54, 1.807) is 12.1 Å². The molecule has 6 nitrogen and oxygen atoms in total. The summed E-state index contributed by atoms with van der Waals surface area (Å²) in [4.78, 5) is 12.3. The second-order valence-electron chi connectivity index (χ2n) is 6.91. The first-order chi connectivity index (χ1) is 15.0. The molecule has 2 N–H and O–H groups in total. The first kappa shape index (κ1) is 22.5. The molecule has 0 bridgehead atoms. The van der Waals surface area contributed by atoms with Gasteiger partial charge in [-0.1, -0.05) is 60.7 Å². The van der Waals surface area contributed by atoms with Crippen LogP contribution in [0.15, 0.2) is 83.8 Å². The Morgan fingerprint density at radius 2 is 1.58 bits per heavy atom. The van der Waals surface area contributed by atoms with E-state index in [1.807, 2.05) is 54.6 Å². The van der Waals surface area contributed by atoms with Gasteiger partial charge in [-0.05, 0) is 42.8 Å². The summed E-state index contributed by atoms with van der Waals surface area (Å²) in [5.41, 5.74) is 2.99. The molecule has 1 amide bonds. The molecule has 0 unspecified atom stereocenters. The van der Waals surface area contributed by atoms with Crippen LogP contribution in [-0.4, -0.2) is 34.5 Å². The number of amides is 1. The Morgan fingerprint density at radius 1 is 0.903 bits per heavy atom. The van der Waals surface area contributed by atoms with E-state index in [9.17, 15) is 13.2 Å². The van der Waals surface area contributed by atoms with Crippen molar-refractivity contribution in [2.75, 3.05) is 20.2 Å². The van der Waals surface area contributed by atoms with Crippen LogP contribution < -0.4 is 14.8 Å². The summed E-state index contributed by atoms with van der Waals surface area (Å²) in [7, 11) is -2.08. The van der Waals surface area contributed by atoms with Gasteiger partial charge in [-0.2, -0.15) is 0 Å². The van der Waals surface area contributed by atoms with Crippen molar-refractivity contribution in [3.63, 3.8) is 0 Å². The first-order valence-corrected chi connectivity index (χ1v) is 11.5. The van der Waals surface area contributed by atoms with Crippen LogP contribution in [0.4, 0.5) is 0 Å². The van der Waals surface area contributed by atoms with Crippen molar-refractivity contribution in [2.45, 2.75) is 17.7 Å². The van der Waals surface area contributed by atoms with Gasteiger partial charge in [0.2, 0.25) is 15.9 Å². The zero-order chi connectivity index (χ0) is 22.1. The molecule has 3 rings (SSSR count). The van der Waals surface area contributed by atoms with Crippen LogP contribution in [0.1, 0.15) is 12.0 Å². The highest BCUT2D eigenvalue weighted by molar-refractivity contribution is 7.89. The van der Waals surface area contributed by atoms with Crippen LogP contribution in [0.25, 0.3) is 11.1 Å². The van der Waals surface area contributed by atoms with Crippen molar-refractivity contribution in [1.29, 1.82) is 0 Å². The summed E-state index contributed by atoms with van der Waals surface area (Å²) < 4.78 is 31.6. The fourth-order valence-electron chi connectivity index (χ4n) is 3.10. The van der Waals surface area contributed by atoms with E-state index < -0.39 is 10.0 Å². The Kier molecular flexibility index (Phi) is 7.81. The molecule has 0 saturated carbocycles. The zero-order valence-electron chi connectivity index (χ0n) is 17.4. The maximum atomic E-state index is 12.1. The molecule has 0 spiro atoms. The average Bonchev–Trinajstić information content (AvgIpc) is 2.81. The van der Waals surface area contributed by atoms with Gasteiger partial charge in [0, 0.05) is 12.0 Å². The Hall–Kier alpha value is -3.16. The van der Waals surface area contributed by atoms with Crippen molar-refractivity contribution >= 4 is 15.9 Å². The molecule has 162 valence electrons. The van der Waals surface area contributed by atoms with Gasteiger partial charge in [-0.15, -0.1) is 0 Å². The highest BCUT2D eigenvalue weighted by Gasteiger charge is 2.11. The van der Waals surface area contributed by atoms with E-state index in [0.717, 1.165) is 22.4 Å². The minimum Gasteiger partial charge on any atom is -0.491 e. The number of ether oxygens (including phenoxy) is 1. The van der Waals surface area contributed by atoms with Crippen LogP contribution in [0.3, 0.4) is 0 Å². The smallest absolute Gasteiger partial charge is 0.240 e. The lowest BCUT2D eigenvalue weighted by Gasteiger charge is -2.12. The second kappa shape index (κ2) is 10.7. The molecule has 31 heavy (non-hydrogen) atoms. The number of carbonyl (C=O) groups excluding carboxylic acids is 1. The molecule has 0 aromatic heterocycles. The van der Waals surface area contributed by atoms with E-state index >= 15 is 0 Å². The number of sulfonamides is 1. The van der Waals surface area contributed by atoms with Crippen LogP contribution in [0, 0.1) is 0 Å². The van der Waals surface area contributed by atoms with Crippen molar-refractivity contribution in [3.05, 3.63) is 84.4 Å². The maximum absolute atomic E-state index is 12.1. The standard InChI is InChI=1S/C24H26N2O4S/c1-25-31(28,29)21-14-11-19(12-15-21)13-16-24(27)26-17-18-30-23-10-6-5-9-22(23)20-7-3-2-4-8-20/h2-12,14-15,25H,13,16-18H2,1H3,(H,26,27). The van der Waals surface area contributed by atoms with Crippen LogP contribution in [0.5, 0.6) is 5.75 Å². The van der Waals surface area contributed by atoms with Gasteiger partial charge in [0.05, 0.1) is 11.4 Å². The third-order valence-electron chi connectivity index (χ3n) is 4.80. The normalized spacial score (nSPS) is 11.1. The van der Waals surface area contributed by atoms with Crippen molar-refractivity contribution in [2.24, 2.45) is 0 Å². The molecule has 3 aromatic rings. The monoisotopic (exact) mass is 438 g/mol. The van der Waals surface area contributed by atoms with Crippen molar-refractivity contribution in [3.8, 4) is 16.9 Å². The van der Waals surface area contributed by atoms with Gasteiger partial charge >= 0.3 is 0 Å². The summed E-state index contributed by atoms with van der Waals surface area (Å²) in [6.45, 7) is 0.771. The van der Waals surface area contributed by atoms with Gasteiger partial charge in [0.1, 0.15) is 12.4 Å². The Bertz CT molecular complexity index is 1100.